The minimum absolute atomic E-state index is 0.723. The van der Waals surface area contributed by atoms with E-state index in [1.807, 2.05) is 30.8 Å². The molecule has 0 aliphatic heterocycles. The Morgan fingerprint density at radius 2 is 2.29 bits per heavy atom. The van der Waals surface area contributed by atoms with Crippen LogP contribution < -0.4 is 5.32 Å². The van der Waals surface area contributed by atoms with Crippen LogP contribution in [0.2, 0.25) is 0 Å². The largest absolute Gasteiger partial charge is 0.465 e. The van der Waals surface area contributed by atoms with E-state index in [0.717, 1.165) is 30.5 Å². The Balaban J connectivity index is 2.15. The summed E-state index contributed by atoms with van der Waals surface area (Å²) in [5.74, 6) is 3.95. The van der Waals surface area contributed by atoms with Gasteiger partial charge in [0.15, 0.2) is 0 Å². The van der Waals surface area contributed by atoms with E-state index in [0.29, 0.717) is 0 Å². The maximum atomic E-state index is 5.46. The molecule has 0 saturated heterocycles. The zero-order valence-electron chi connectivity index (χ0n) is 9.17. The lowest BCUT2D eigenvalue weighted by Gasteiger charge is -2.09. The van der Waals surface area contributed by atoms with Crippen LogP contribution >= 0.6 is 11.8 Å². The van der Waals surface area contributed by atoms with E-state index in [1.165, 1.54) is 5.75 Å². The van der Waals surface area contributed by atoms with Crippen molar-refractivity contribution in [3.8, 4) is 0 Å². The average Bonchev–Trinajstić information content (AvgIpc) is 2.52. The number of thioether (sulfide) groups is 1. The van der Waals surface area contributed by atoms with Gasteiger partial charge in [-0.3, -0.25) is 0 Å². The molecule has 0 radical (unpaired) electrons. The smallest absolute Gasteiger partial charge is 0.117 e. The highest BCUT2D eigenvalue weighted by Crippen LogP contribution is 2.06. The summed E-state index contributed by atoms with van der Waals surface area (Å²) in [7, 11) is 0. The van der Waals surface area contributed by atoms with E-state index in [9.17, 15) is 0 Å². The molecule has 0 aromatic carbocycles. The van der Waals surface area contributed by atoms with Crippen LogP contribution in [-0.4, -0.2) is 18.6 Å². The Kier molecular flexibility index (Phi) is 5.12. The first-order valence-electron chi connectivity index (χ1n) is 4.97. The standard InChI is InChI=1S/C11H19NOS/c1-9(8-14-3)6-12-7-11-5-4-10(2)13-11/h4-5,9,12H,6-8H2,1-3H3. The monoisotopic (exact) mass is 213 g/mol. The van der Waals surface area contributed by atoms with E-state index in [1.54, 1.807) is 0 Å². The lowest BCUT2D eigenvalue weighted by molar-refractivity contribution is 0.449. The van der Waals surface area contributed by atoms with Crippen LogP contribution in [0.1, 0.15) is 18.4 Å². The zero-order chi connectivity index (χ0) is 10.4. The van der Waals surface area contributed by atoms with E-state index in [-0.39, 0.29) is 0 Å². The molecule has 0 aliphatic rings. The van der Waals surface area contributed by atoms with Crippen LogP contribution in [0.4, 0.5) is 0 Å². The minimum atomic E-state index is 0.723. The molecule has 1 aromatic rings. The molecule has 1 heterocycles. The van der Waals surface area contributed by atoms with Gasteiger partial charge in [0.25, 0.3) is 0 Å². The number of nitrogens with one attached hydrogen (secondary N) is 1. The highest BCUT2D eigenvalue weighted by molar-refractivity contribution is 7.98. The van der Waals surface area contributed by atoms with Crippen molar-refractivity contribution in [2.45, 2.75) is 20.4 Å². The summed E-state index contributed by atoms with van der Waals surface area (Å²) in [6.45, 7) is 6.13. The van der Waals surface area contributed by atoms with Crippen molar-refractivity contribution in [3.05, 3.63) is 23.7 Å². The molecule has 0 fully saturated rings. The van der Waals surface area contributed by atoms with Gasteiger partial charge < -0.3 is 9.73 Å². The first kappa shape index (κ1) is 11.7. The van der Waals surface area contributed by atoms with Gasteiger partial charge in [-0.05, 0) is 43.5 Å². The van der Waals surface area contributed by atoms with Crippen molar-refractivity contribution in [1.82, 2.24) is 5.32 Å². The fraction of sp³-hybridized carbons (Fsp3) is 0.636. The summed E-state index contributed by atoms with van der Waals surface area (Å²) in [5, 5.41) is 3.39. The van der Waals surface area contributed by atoms with Crippen LogP contribution in [0.5, 0.6) is 0 Å². The van der Waals surface area contributed by atoms with Gasteiger partial charge in [0.1, 0.15) is 11.5 Å². The second-order valence-electron chi connectivity index (χ2n) is 3.70. The summed E-state index contributed by atoms with van der Waals surface area (Å²) in [4.78, 5) is 0. The molecule has 1 unspecified atom stereocenters. The second kappa shape index (κ2) is 6.14. The molecule has 1 aromatic heterocycles. The predicted octanol–water partition coefficient (Wildman–Crippen LogP) is 2.68. The number of aryl methyl sites for hydroxylation is 1. The molecule has 0 saturated carbocycles. The van der Waals surface area contributed by atoms with E-state index < -0.39 is 0 Å². The quantitative estimate of drug-likeness (QED) is 0.786. The van der Waals surface area contributed by atoms with Crippen molar-refractivity contribution in [2.24, 2.45) is 5.92 Å². The molecule has 3 heteroatoms. The van der Waals surface area contributed by atoms with Gasteiger partial charge in [-0.1, -0.05) is 6.92 Å². The molecule has 0 bridgehead atoms. The molecule has 1 N–H and O–H groups in total. The van der Waals surface area contributed by atoms with Gasteiger partial charge in [-0.25, -0.2) is 0 Å². The molecular formula is C11H19NOS. The number of rotatable bonds is 6. The Morgan fingerprint density at radius 3 is 2.86 bits per heavy atom. The molecular weight excluding hydrogens is 194 g/mol. The fourth-order valence-electron chi connectivity index (χ4n) is 1.37. The van der Waals surface area contributed by atoms with Crippen LogP contribution in [-0.2, 0) is 6.54 Å². The number of hydrogen-bond donors (Lipinski definition) is 1. The third-order valence-electron chi connectivity index (χ3n) is 2.04. The summed E-state index contributed by atoms with van der Waals surface area (Å²) in [5.41, 5.74) is 0. The van der Waals surface area contributed by atoms with Gasteiger partial charge >= 0.3 is 0 Å². The predicted molar refractivity (Wildman–Crippen MR) is 62.7 cm³/mol. The number of furan rings is 1. The van der Waals surface area contributed by atoms with Crippen molar-refractivity contribution < 1.29 is 4.42 Å². The SMILES string of the molecule is CSCC(C)CNCc1ccc(C)o1. The minimum Gasteiger partial charge on any atom is -0.465 e. The average molecular weight is 213 g/mol. The highest BCUT2D eigenvalue weighted by atomic mass is 32.2. The maximum Gasteiger partial charge on any atom is 0.117 e. The second-order valence-corrected chi connectivity index (χ2v) is 4.61. The Hall–Kier alpha value is -0.410. The Morgan fingerprint density at radius 1 is 1.50 bits per heavy atom. The summed E-state index contributed by atoms with van der Waals surface area (Å²) >= 11 is 1.90. The zero-order valence-corrected chi connectivity index (χ0v) is 9.99. The van der Waals surface area contributed by atoms with Crippen LogP contribution in [0.15, 0.2) is 16.5 Å². The molecule has 0 aliphatic carbocycles. The van der Waals surface area contributed by atoms with Crippen LogP contribution in [0.3, 0.4) is 0 Å². The normalized spacial score (nSPS) is 13.1. The third kappa shape index (κ3) is 4.20. The Bertz CT molecular complexity index is 260. The first-order chi connectivity index (χ1) is 6.72. The third-order valence-corrected chi connectivity index (χ3v) is 2.94. The van der Waals surface area contributed by atoms with Gasteiger partial charge in [0, 0.05) is 0 Å². The molecule has 14 heavy (non-hydrogen) atoms. The lowest BCUT2D eigenvalue weighted by atomic mass is 10.2. The maximum absolute atomic E-state index is 5.46. The van der Waals surface area contributed by atoms with Crippen molar-refractivity contribution in [2.75, 3.05) is 18.6 Å². The number of hydrogen-bond acceptors (Lipinski definition) is 3. The van der Waals surface area contributed by atoms with Crippen molar-refractivity contribution in [3.63, 3.8) is 0 Å². The lowest BCUT2D eigenvalue weighted by Crippen LogP contribution is -2.21. The van der Waals surface area contributed by atoms with E-state index >= 15 is 0 Å². The summed E-state index contributed by atoms with van der Waals surface area (Å²) in [6, 6.07) is 4.03. The van der Waals surface area contributed by atoms with Gasteiger partial charge in [-0.2, -0.15) is 11.8 Å². The summed E-state index contributed by atoms with van der Waals surface area (Å²) in [6.07, 6.45) is 2.15. The molecule has 0 amide bonds. The molecule has 1 rings (SSSR count). The van der Waals surface area contributed by atoms with Crippen molar-refractivity contribution >= 4 is 11.8 Å². The molecule has 2 nitrogen and oxygen atoms in total. The Labute approximate surface area is 90.5 Å². The molecule has 80 valence electrons. The van der Waals surface area contributed by atoms with E-state index in [2.05, 4.69) is 18.5 Å². The summed E-state index contributed by atoms with van der Waals surface area (Å²) < 4.78 is 5.46. The fourth-order valence-corrected chi connectivity index (χ4v) is 2.05. The van der Waals surface area contributed by atoms with Crippen molar-refractivity contribution in [1.29, 1.82) is 0 Å². The van der Waals surface area contributed by atoms with Crippen LogP contribution in [0, 0.1) is 12.8 Å². The van der Waals surface area contributed by atoms with Gasteiger partial charge in [0.2, 0.25) is 0 Å². The highest BCUT2D eigenvalue weighted by Gasteiger charge is 2.01. The van der Waals surface area contributed by atoms with Gasteiger partial charge in [-0.15, -0.1) is 0 Å². The first-order valence-corrected chi connectivity index (χ1v) is 6.36. The molecule has 1 atom stereocenters. The molecule has 0 spiro atoms. The van der Waals surface area contributed by atoms with Gasteiger partial charge in [0.05, 0.1) is 6.54 Å². The topological polar surface area (TPSA) is 25.2 Å². The van der Waals surface area contributed by atoms with Crippen LogP contribution in [0.25, 0.3) is 0 Å². The van der Waals surface area contributed by atoms with E-state index in [4.69, 9.17) is 4.42 Å².